The molecular formula is C15H25NS3. The van der Waals surface area contributed by atoms with E-state index in [0.29, 0.717) is 6.04 Å². The maximum absolute atomic E-state index is 3.80. The second kappa shape index (κ2) is 8.60. The molecule has 0 radical (unpaired) electrons. The summed E-state index contributed by atoms with van der Waals surface area (Å²) in [6.07, 6.45) is 3.73. The van der Waals surface area contributed by atoms with Gasteiger partial charge in [0.1, 0.15) is 0 Å². The largest absolute Gasteiger partial charge is 0.313 e. The van der Waals surface area contributed by atoms with E-state index < -0.39 is 0 Å². The van der Waals surface area contributed by atoms with Gasteiger partial charge < -0.3 is 5.32 Å². The van der Waals surface area contributed by atoms with Crippen molar-refractivity contribution in [3.05, 3.63) is 22.4 Å². The Morgan fingerprint density at radius 2 is 2.21 bits per heavy atom. The standard InChI is InChI=1S/C15H25NS3/c1-3-7-16-14(5-4-13-6-8-17-11-13)15-12(2)18-9-10-19-15/h6,8,11-12,14-16H,3-5,7,9-10H2,1-2H3. The highest BCUT2D eigenvalue weighted by Crippen LogP contribution is 2.34. The molecule has 1 fully saturated rings. The third-order valence-electron chi connectivity index (χ3n) is 3.61. The molecule has 0 spiro atoms. The second-order valence-corrected chi connectivity index (χ2v) is 8.69. The Morgan fingerprint density at radius 1 is 1.37 bits per heavy atom. The van der Waals surface area contributed by atoms with E-state index in [1.807, 2.05) is 11.3 Å². The molecule has 3 unspecified atom stereocenters. The average Bonchev–Trinajstić information content (AvgIpc) is 2.93. The number of hydrogen-bond donors (Lipinski definition) is 1. The van der Waals surface area contributed by atoms with E-state index in [4.69, 9.17) is 0 Å². The lowest BCUT2D eigenvalue weighted by molar-refractivity contribution is 0.462. The fourth-order valence-electron chi connectivity index (χ4n) is 2.56. The Hall–Kier alpha value is 0.360. The lowest BCUT2D eigenvalue weighted by Gasteiger charge is -2.35. The Balaban J connectivity index is 1.89. The van der Waals surface area contributed by atoms with Crippen molar-refractivity contribution in [1.82, 2.24) is 5.32 Å². The predicted octanol–water partition coefficient (Wildman–Crippen LogP) is 4.29. The fourth-order valence-corrected chi connectivity index (χ4v) is 6.26. The lowest BCUT2D eigenvalue weighted by atomic mass is 10.0. The van der Waals surface area contributed by atoms with E-state index in [2.05, 4.69) is 59.5 Å². The van der Waals surface area contributed by atoms with Crippen LogP contribution < -0.4 is 5.32 Å². The quantitative estimate of drug-likeness (QED) is 0.806. The van der Waals surface area contributed by atoms with Gasteiger partial charge >= 0.3 is 0 Å². The van der Waals surface area contributed by atoms with Crippen LogP contribution in [0, 0.1) is 0 Å². The molecule has 1 nitrogen and oxygen atoms in total. The Morgan fingerprint density at radius 3 is 2.89 bits per heavy atom. The van der Waals surface area contributed by atoms with Crippen LogP contribution in [0.25, 0.3) is 0 Å². The van der Waals surface area contributed by atoms with Gasteiger partial charge in [-0.2, -0.15) is 34.9 Å². The van der Waals surface area contributed by atoms with Crippen LogP contribution in [0.2, 0.25) is 0 Å². The van der Waals surface area contributed by atoms with Crippen molar-refractivity contribution in [3.63, 3.8) is 0 Å². The normalized spacial score (nSPS) is 25.4. The first-order valence-corrected chi connectivity index (χ1v) is 10.3. The van der Waals surface area contributed by atoms with Gasteiger partial charge in [0.05, 0.1) is 0 Å². The molecule has 1 saturated heterocycles. The molecule has 108 valence electrons. The summed E-state index contributed by atoms with van der Waals surface area (Å²) >= 11 is 6.15. The van der Waals surface area contributed by atoms with Crippen molar-refractivity contribution in [3.8, 4) is 0 Å². The Kier molecular flexibility index (Phi) is 7.13. The van der Waals surface area contributed by atoms with E-state index in [0.717, 1.165) is 17.0 Å². The van der Waals surface area contributed by atoms with Crippen LogP contribution >= 0.6 is 34.9 Å². The van der Waals surface area contributed by atoms with Gasteiger partial charge in [-0.15, -0.1) is 0 Å². The minimum absolute atomic E-state index is 0.674. The van der Waals surface area contributed by atoms with Crippen LogP contribution in [0.3, 0.4) is 0 Å². The molecule has 0 amide bonds. The van der Waals surface area contributed by atoms with Gasteiger partial charge in [-0.1, -0.05) is 13.8 Å². The van der Waals surface area contributed by atoms with Crippen molar-refractivity contribution < 1.29 is 0 Å². The molecule has 2 heterocycles. The molecule has 0 aromatic carbocycles. The summed E-state index contributed by atoms with van der Waals surface area (Å²) in [5.74, 6) is 2.65. The van der Waals surface area contributed by atoms with Gasteiger partial charge in [0.25, 0.3) is 0 Å². The first kappa shape index (κ1) is 15.7. The van der Waals surface area contributed by atoms with Gasteiger partial charge in [-0.3, -0.25) is 0 Å². The van der Waals surface area contributed by atoms with Gasteiger partial charge in [0, 0.05) is 28.0 Å². The van der Waals surface area contributed by atoms with E-state index in [1.165, 1.54) is 36.3 Å². The zero-order valence-corrected chi connectivity index (χ0v) is 14.4. The summed E-state index contributed by atoms with van der Waals surface area (Å²) in [7, 11) is 0. The van der Waals surface area contributed by atoms with Crippen LogP contribution in [-0.2, 0) is 6.42 Å². The third kappa shape index (κ3) is 5.00. The molecule has 3 atom stereocenters. The molecule has 2 rings (SSSR count). The van der Waals surface area contributed by atoms with Crippen molar-refractivity contribution in [1.29, 1.82) is 0 Å². The molecular weight excluding hydrogens is 290 g/mol. The summed E-state index contributed by atoms with van der Waals surface area (Å²) in [5.41, 5.74) is 1.51. The molecule has 19 heavy (non-hydrogen) atoms. The van der Waals surface area contributed by atoms with Gasteiger partial charge in [0.15, 0.2) is 0 Å². The minimum Gasteiger partial charge on any atom is -0.313 e. The van der Waals surface area contributed by atoms with Crippen LogP contribution in [0.1, 0.15) is 32.3 Å². The average molecular weight is 316 g/mol. The number of thioether (sulfide) groups is 2. The molecule has 1 N–H and O–H groups in total. The van der Waals surface area contributed by atoms with Gasteiger partial charge in [0.2, 0.25) is 0 Å². The van der Waals surface area contributed by atoms with Gasteiger partial charge in [-0.05, 0) is 48.2 Å². The molecule has 1 aliphatic rings. The van der Waals surface area contributed by atoms with Crippen LogP contribution in [0.5, 0.6) is 0 Å². The number of hydrogen-bond acceptors (Lipinski definition) is 4. The zero-order chi connectivity index (χ0) is 13.5. The Bertz CT molecular complexity index is 339. The highest BCUT2D eigenvalue weighted by Gasteiger charge is 2.29. The third-order valence-corrected chi connectivity index (χ3v) is 7.60. The van der Waals surface area contributed by atoms with Gasteiger partial charge in [-0.25, -0.2) is 0 Å². The maximum atomic E-state index is 3.80. The second-order valence-electron chi connectivity index (χ2n) is 5.14. The van der Waals surface area contributed by atoms with E-state index in [-0.39, 0.29) is 0 Å². The SMILES string of the molecule is CCCNC(CCc1ccsc1)C1SCCSC1C. The van der Waals surface area contributed by atoms with Crippen molar-refractivity contribution in [2.24, 2.45) is 0 Å². The molecule has 1 aliphatic heterocycles. The first-order chi connectivity index (χ1) is 9.31. The zero-order valence-electron chi connectivity index (χ0n) is 11.9. The molecule has 1 aromatic rings. The van der Waals surface area contributed by atoms with E-state index in [1.54, 1.807) is 0 Å². The summed E-state index contributed by atoms with van der Waals surface area (Å²) in [6.45, 7) is 5.82. The summed E-state index contributed by atoms with van der Waals surface area (Å²) in [5, 5.41) is 9.86. The van der Waals surface area contributed by atoms with E-state index >= 15 is 0 Å². The van der Waals surface area contributed by atoms with Crippen molar-refractivity contribution in [2.75, 3.05) is 18.1 Å². The lowest BCUT2D eigenvalue weighted by Crippen LogP contribution is -2.44. The molecule has 0 saturated carbocycles. The van der Waals surface area contributed by atoms with Crippen molar-refractivity contribution >= 4 is 34.9 Å². The molecule has 4 heteroatoms. The van der Waals surface area contributed by atoms with Crippen LogP contribution in [-0.4, -0.2) is 34.6 Å². The summed E-state index contributed by atoms with van der Waals surface area (Å²) in [4.78, 5) is 0. The maximum Gasteiger partial charge on any atom is 0.0317 e. The minimum atomic E-state index is 0.674. The predicted molar refractivity (Wildman–Crippen MR) is 92.9 cm³/mol. The summed E-state index contributed by atoms with van der Waals surface area (Å²) < 4.78 is 0. The smallest absolute Gasteiger partial charge is 0.0317 e. The van der Waals surface area contributed by atoms with Crippen molar-refractivity contribution in [2.45, 2.75) is 49.7 Å². The highest BCUT2D eigenvalue weighted by molar-refractivity contribution is 8.07. The topological polar surface area (TPSA) is 12.0 Å². The highest BCUT2D eigenvalue weighted by atomic mass is 32.2. The molecule has 1 aromatic heterocycles. The summed E-state index contributed by atoms with van der Waals surface area (Å²) in [6, 6.07) is 2.95. The fraction of sp³-hybridized carbons (Fsp3) is 0.733. The monoisotopic (exact) mass is 315 g/mol. The molecule has 0 bridgehead atoms. The number of aryl methyl sites for hydroxylation is 1. The first-order valence-electron chi connectivity index (χ1n) is 7.29. The molecule has 0 aliphatic carbocycles. The number of rotatable bonds is 7. The van der Waals surface area contributed by atoms with E-state index in [9.17, 15) is 0 Å². The Labute approximate surface area is 130 Å². The van der Waals surface area contributed by atoms with Crippen LogP contribution in [0.4, 0.5) is 0 Å². The van der Waals surface area contributed by atoms with Crippen LogP contribution in [0.15, 0.2) is 16.8 Å². The number of thiophene rings is 1. The number of nitrogens with one attached hydrogen (secondary N) is 1.